The number of rotatable bonds is 7. The Morgan fingerprint density at radius 1 is 1.35 bits per heavy atom. The summed E-state index contributed by atoms with van der Waals surface area (Å²) in [7, 11) is 5.60. The molecule has 1 heterocycles. The summed E-state index contributed by atoms with van der Waals surface area (Å²) < 4.78 is 16.4. The lowest BCUT2D eigenvalue weighted by Crippen LogP contribution is -2.25. The summed E-state index contributed by atoms with van der Waals surface area (Å²) in [5, 5.41) is 2.86. The highest BCUT2D eigenvalue weighted by Gasteiger charge is 2.17. The number of hydrogen-bond acceptors (Lipinski definition) is 5. The van der Waals surface area contributed by atoms with E-state index in [1.165, 1.54) is 6.08 Å². The fraction of sp³-hybridized carbons (Fsp3) is 0.471. The molecule has 0 spiro atoms. The van der Waals surface area contributed by atoms with Crippen LogP contribution in [-0.4, -0.2) is 58.3 Å². The summed E-state index contributed by atoms with van der Waals surface area (Å²) in [6.07, 6.45) is 4.17. The molecule has 1 aliphatic heterocycles. The number of carbonyl (C=O) groups excluding carboxylic acids is 1. The third kappa shape index (κ3) is 5.17. The van der Waals surface area contributed by atoms with Gasteiger partial charge in [-0.05, 0) is 50.8 Å². The first-order chi connectivity index (χ1) is 11.1. The molecule has 23 heavy (non-hydrogen) atoms. The SMILES string of the molecule is COc1cc(/C=C/C(=O)NCCCN(C)C)cc2c1OCCO2. The van der Waals surface area contributed by atoms with E-state index in [2.05, 4.69) is 10.2 Å². The van der Waals surface area contributed by atoms with Crippen molar-refractivity contribution in [1.82, 2.24) is 10.2 Å². The first-order valence-electron chi connectivity index (χ1n) is 7.68. The van der Waals surface area contributed by atoms with Crippen molar-refractivity contribution in [3.8, 4) is 17.2 Å². The predicted molar refractivity (Wildman–Crippen MR) is 89.2 cm³/mol. The van der Waals surface area contributed by atoms with Crippen LogP contribution >= 0.6 is 0 Å². The first-order valence-corrected chi connectivity index (χ1v) is 7.68. The number of ether oxygens (including phenoxy) is 3. The Morgan fingerprint density at radius 2 is 2.13 bits per heavy atom. The Morgan fingerprint density at radius 3 is 2.87 bits per heavy atom. The maximum Gasteiger partial charge on any atom is 0.243 e. The number of hydrogen-bond donors (Lipinski definition) is 1. The summed E-state index contributed by atoms with van der Waals surface area (Å²) in [4.78, 5) is 13.9. The van der Waals surface area contributed by atoms with Gasteiger partial charge in [0, 0.05) is 12.6 Å². The number of methoxy groups -OCH3 is 1. The van der Waals surface area contributed by atoms with Crippen LogP contribution in [0, 0.1) is 0 Å². The second kappa shape index (κ2) is 8.43. The molecule has 0 atom stereocenters. The van der Waals surface area contributed by atoms with Crippen molar-refractivity contribution in [2.45, 2.75) is 6.42 Å². The molecular weight excluding hydrogens is 296 g/mol. The molecule has 1 amide bonds. The first kappa shape index (κ1) is 17.1. The molecule has 0 aliphatic carbocycles. The molecule has 0 saturated carbocycles. The fourth-order valence-corrected chi connectivity index (χ4v) is 2.23. The Balaban J connectivity index is 1.95. The maximum absolute atomic E-state index is 11.8. The summed E-state index contributed by atoms with van der Waals surface area (Å²) in [6, 6.07) is 3.66. The van der Waals surface area contributed by atoms with E-state index in [9.17, 15) is 4.79 Å². The van der Waals surface area contributed by atoms with E-state index in [0.717, 1.165) is 18.5 Å². The van der Waals surface area contributed by atoms with Crippen molar-refractivity contribution in [2.24, 2.45) is 0 Å². The van der Waals surface area contributed by atoms with Crippen LogP contribution in [0.15, 0.2) is 18.2 Å². The van der Waals surface area contributed by atoms with Crippen LogP contribution in [0.3, 0.4) is 0 Å². The number of amides is 1. The summed E-state index contributed by atoms with van der Waals surface area (Å²) in [5.74, 6) is 1.75. The highest BCUT2D eigenvalue weighted by atomic mass is 16.6. The quantitative estimate of drug-likeness (QED) is 0.610. The molecule has 6 heteroatoms. The molecule has 0 aromatic heterocycles. The Hall–Kier alpha value is -2.21. The average molecular weight is 320 g/mol. The highest BCUT2D eigenvalue weighted by Crippen LogP contribution is 2.40. The van der Waals surface area contributed by atoms with Crippen LogP contribution in [0.4, 0.5) is 0 Å². The number of nitrogens with one attached hydrogen (secondary N) is 1. The molecule has 0 unspecified atom stereocenters. The van der Waals surface area contributed by atoms with Gasteiger partial charge in [-0.3, -0.25) is 4.79 Å². The van der Waals surface area contributed by atoms with Crippen LogP contribution in [0.1, 0.15) is 12.0 Å². The van der Waals surface area contributed by atoms with Gasteiger partial charge in [0.05, 0.1) is 7.11 Å². The zero-order chi connectivity index (χ0) is 16.7. The van der Waals surface area contributed by atoms with Crippen LogP contribution in [0.5, 0.6) is 17.2 Å². The molecule has 0 fully saturated rings. The standard InChI is InChI=1S/C17H24N2O4/c1-19(2)8-4-7-18-16(20)6-5-13-11-14(21-3)17-15(12-13)22-9-10-23-17/h5-6,11-12H,4,7-10H2,1-3H3,(H,18,20)/b6-5+. The summed E-state index contributed by atoms with van der Waals surface area (Å²) in [5.41, 5.74) is 0.828. The van der Waals surface area contributed by atoms with Gasteiger partial charge in [0.1, 0.15) is 13.2 Å². The van der Waals surface area contributed by atoms with Gasteiger partial charge >= 0.3 is 0 Å². The molecular formula is C17H24N2O4. The van der Waals surface area contributed by atoms with Gasteiger partial charge < -0.3 is 24.4 Å². The normalized spacial score (nSPS) is 13.4. The number of carbonyl (C=O) groups is 1. The topological polar surface area (TPSA) is 60.0 Å². The van der Waals surface area contributed by atoms with Crippen LogP contribution in [0.2, 0.25) is 0 Å². The Labute approximate surface area is 137 Å². The van der Waals surface area contributed by atoms with Gasteiger partial charge in [0.2, 0.25) is 11.7 Å². The van der Waals surface area contributed by atoms with Crippen molar-refractivity contribution < 1.29 is 19.0 Å². The predicted octanol–water partition coefficient (Wildman–Crippen LogP) is 1.55. The van der Waals surface area contributed by atoms with Crippen LogP contribution < -0.4 is 19.5 Å². The summed E-state index contributed by atoms with van der Waals surface area (Å²) >= 11 is 0. The molecule has 0 bridgehead atoms. The van der Waals surface area contributed by atoms with Crippen molar-refractivity contribution in [2.75, 3.05) is 47.5 Å². The van der Waals surface area contributed by atoms with Gasteiger partial charge in [0.25, 0.3) is 0 Å². The lowest BCUT2D eigenvalue weighted by Gasteiger charge is -2.20. The minimum absolute atomic E-state index is 0.113. The lowest BCUT2D eigenvalue weighted by atomic mass is 10.1. The zero-order valence-corrected chi connectivity index (χ0v) is 13.9. The Bertz CT molecular complexity index is 553. The summed E-state index contributed by atoms with van der Waals surface area (Å²) in [6.45, 7) is 2.62. The smallest absolute Gasteiger partial charge is 0.243 e. The van der Waals surface area contributed by atoms with Crippen molar-refractivity contribution >= 4 is 12.0 Å². The van der Waals surface area contributed by atoms with E-state index < -0.39 is 0 Å². The molecule has 1 aromatic carbocycles. The fourth-order valence-electron chi connectivity index (χ4n) is 2.23. The van der Waals surface area contributed by atoms with Crippen LogP contribution in [0.25, 0.3) is 6.08 Å². The maximum atomic E-state index is 11.8. The highest BCUT2D eigenvalue weighted by molar-refractivity contribution is 5.91. The second-order valence-electron chi connectivity index (χ2n) is 5.53. The van der Waals surface area contributed by atoms with Crippen molar-refractivity contribution in [3.63, 3.8) is 0 Å². The second-order valence-corrected chi connectivity index (χ2v) is 5.53. The molecule has 0 saturated heterocycles. The number of nitrogens with zero attached hydrogens (tertiary/aromatic N) is 1. The molecule has 1 N–H and O–H groups in total. The van der Waals surface area contributed by atoms with Crippen LogP contribution in [-0.2, 0) is 4.79 Å². The molecule has 1 aromatic rings. The minimum Gasteiger partial charge on any atom is -0.493 e. The third-order valence-corrected chi connectivity index (χ3v) is 3.36. The van der Waals surface area contributed by atoms with Gasteiger partial charge in [0.15, 0.2) is 11.5 Å². The zero-order valence-electron chi connectivity index (χ0n) is 13.9. The van der Waals surface area contributed by atoms with E-state index in [1.54, 1.807) is 13.2 Å². The number of benzene rings is 1. The van der Waals surface area contributed by atoms with Crippen molar-refractivity contribution in [3.05, 3.63) is 23.8 Å². The molecule has 1 aliphatic rings. The van der Waals surface area contributed by atoms with E-state index >= 15 is 0 Å². The number of fused-ring (bicyclic) bond motifs is 1. The molecule has 6 nitrogen and oxygen atoms in total. The average Bonchev–Trinajstić information content (AvgIpc) is 2.55. The van der Waals surface area contributed by atoms with E-state index in [4.69, 9.17) is 14.2 Å². The van der Waals surface area contributed by atoms with E-state index in [1.807, 2.05) is 26.2 Å². The van der Waals surface area contributed by atoms with Gasteiger partial charge in [-0.2, -0.15) is 0 Å². The molecule has 0 radical (unpaired) electrons. The van der Waals surface area contributed by atoms with Gasteiger partial charge in [-0.1, -0.05) is 0 Å². The van der Waals surface area contributed by atoms with Gasteiger partial charge in [-0.15, -0.1) is 0 Å². The van der Waals surface area contributed by atoms with E-state index in [0.29, 0.717) is 37.0 Å². The van der Waals surface area contributed by atoms with Gasteiger partial charge in [-0.25, -0.2) is 0 Å². The minimum atomic E-state index is -0.113. The molecule has 2 rings (SSSR count). The monoisotopic (exact) mass is 320 g/mol. The van der Waals surface area contributed by atoms with Crippen molar-refractivity contribution in [1.29, 1.82) is 0 Å². The third-order valence-electron chi connectivity index (χ3n) is 3.36. The lowest BCUT2D eigenvalue weighted by molar-refractivity contribution is -0.116. The Kier molecular flexibility index (Phi) is 6.29. The largest absolute Gasteiger partial charge is 0.493 e. The van der Waals surface area contributed by atoms with E-state index in [-0.39, 0.29) is 5.91 Å². The molecule has 126 valence electrons.